The molecule has 0 bridgehead atoms. The van der Waals surface area contributed by atoms with Crippen molar-refractivity contribution >= 4 is 45.0 Å². The summed E-state index contributed by atoms with van der Waals surface area (Å²) in [4.78, 5) is 25.6. The van der Waals surface area contributed by atoms with E-state index in [2.05, 4.69) is 4.72 Å². The molecule has 154 valence electrons. The van der Waals surface area contributed by atoms with E-state index in [0.717, 1.165) is 25.7 Å². The van der Waals surface area contributed by atoms with Gasteiger partial charge in [0.1, 0.15) is 4.90 Å². The molecule has 1 heterocycles. The highest BCUT2D eigenvalue weighted by atomic mass is 35.5. The van der Waals surface area contributed by atoms with Crippen LogP contribution in [-0.2, 0) is 14.8 Å². The van der Waals surface area contributed by atoms with E-state index in [1.807, 2.05) is 0 Å². The van der Waals surface area contributed by atoms with Crippen molar-refractivity contribution < 1.29 is 18.0 Å². The van der Waals surface area contributed by atoms with E-state index in [1.54, 1.807) is 4.90 Å². The zero-order valence-electron chi connectivity index (χ0n) is 15.3. The van der Waals surface area contributed by atoms with Gasteiger partial charge in [0.25, 0.3) is 5.91 Å². The average Bonchev–Trinajstić information content (AvgIpc) is 3.13. The van der Waals surface area contributed by atoms with E-state index in [4.69, 9.17) is 28.9 Å². The molecule has 2 amide bonds. The van der Waals surface area contributed by atoms with Crippen LogP contribution in [0, 0.1) is 5.92 Å². The number of carbonyl (C=O) groups excluding carboxylic acids is 2. The summed E-state index contributed by atoms with van der Waals surface area (Å²) in [5, 5.41) is 0.0614. The van der Waals surface area contributed by atoms with Crippen LogP contribution in [0.25, 0.3) is 0 Å². The van der Waals surface area contributed by atoms with Crippen molar-refractivity contribution in [3.8, 4) is 0 Å². The Morgan fingerprint density at radius 2 is 1.64 bits per heavy atom. The summed E-state index contributed by atoms with van der Waals surface area (Å²) < 4.78 is 28.2. The summed E-state index contributed by atoms with van der Waals surface area (Å²) in [6.45, 7) is 0.710. The number of amides is 2. The molecule has 2 aliphatic rings. The number of nitrogens with two attached hydrogens (primary N) is 1. The molecule has 0 radical (unpaired) electrons. The summed E-state index contributed by atoms with van der Waals surface area (Å²) in [6.07, 6.45) is 4.47. The Kier molecular flexibility index (Phi) is 6.54. The van der Waals surface area contributed by atoms with E-state index in [-0.39, 0.29) is 44.3 Å². The van der Waals surface area contributed by atoms with Gasteiger partial charge in [-0.15, -0.1) is 0 Å². The summed E-state index contributed by atoms with van der Waals surface area (Å²) in [7, 11) is -3.87. The molecule has 1 aliphatic heterocycles. The second kappa shape index (κ2) is 8.57. The Bertz CT molecular complexity index is 877. The van der Waals surface area contributed by atoms with Crippen molar-refractivity contribution in [2.75, 3.05) is 13.1 Å². The molecule has 0 atom stereocenters. The number of sulfonamides is 1. The SMILES string of the molecule is NC(=O)C1CCN(C(=O)c2cc(S(=O)(=O)NC3CCCC3)c(Cl)cc2Cl)CC1. The second-order valence-corrected chi connectivity index (χ2v) is 9.83. The molecule has 10 heteroatoms. The maximum atomic E-state index is 12.9. The number of benzene rings is 1. The van der Waals surface area contributed by atoms with Crippen LogP contribution < -0.4 is 10.5 Å². The molecule has 7 nitrogen and oxygen atoms in total. The van der Waals surface area contributed by atoms with Crippen molar-refractivity contribution in [1.29, 1.82) is 0 Å². The van der Waals surface area contributed by atoms with E-state index in [1.165, 1.54) is 12.1 Å². The highest BCUT2D eigenvalue weighted by Gasteiger charge is 2.30. The topological polar surface area (TPSA) is 110 Å². The number of nitrogens with zero attached hydrogens (tertiary/aromatic N) is 1. The summed E-state index contributed by atoms with van der Waals surface area (Å²) in [5.41, 5.74) is 5.40. The number of rotatable bonds is 5. The first-order valence-corrected chi connectivity index (χ1v) is 11.5. The fourth-order valence-electron chi connectivity index (χ4n) is 3.76. The van der Waals surface area contributed by atoms with Gasteiger partial charge in [0.2, 0.25) is 15.9 Å². The first-order valence-electron chi connectivity index (χ1n) is 9.29. The van der Waals surface area contributed by atoms with E-state index in [0.29, 0.717) is 25.9 Å². The zero-order valence-corrected chi connectivity index (χ0v) is 17.6. The van der Waals surface area contributed by atoms with Gasteiger partial charge in [-0.05, 0) is 37.8 Å². The molecule has 3 rings (SSSR count). The molecular weight excluding hydrogens is 425 g/mol. The number of likely N-dealkylation sites (tertiary alicyclic amines) is 1. The van der Waals surface area contributed by atoms with Crippen LogP contribution >= 0.6 is 23.2 Å². The Hall–Kier alpha value is -1.35. The molecular formula is C18H23Cl2N3O4S. The Balaban J connectivity index is 1.83. The highest BCUT2D eigenvalue weighted by Crippen LogP contribution is 2.31. The lowest BCUT2D eigenvalue weighted by Gasteiger charge is -2.31. The monoisotopic (exact) mass is 447 g/mol. The third-order valence-electron chi connectivity index (χ3n) is 5.40. The summed E-state index contributed by atoms with van der Waals surface area (Å²) in [6, 6.07) is 2.41. The second-order valence-electron chi connectivity index (χ2n) is 7.33. The Labute approximate surface area is 174 Å². The molecule has 28 heavy (non-hydrogen) atoms. The molecule has 0 unspecified atom stereocenters. The molecule has 1 aliphatic carbocycles. The minimum Gasteiger partial charge on any atom is -0.369 e. The lowest BCUT2D eigenvalue weighted by molar-refractivity contribution is -0.123. The van der Waals surface area contributed by atoms with Crippen LogP contribution in [0.2, 0.25) is 10.0 Å². The first kappa shape index (κ1) is 21.4. The van der Waals surface area contributed by atoms with Crippen molar-refractivity contribution in [1.82, 2.24) is 9.62 Å². The number of nitrogens with one attached hydrogen (secondary N) is 1. The molecule has 1 saturated carbocycles. The fraction of sp³-hybridized carbons (Fsp3) is 0.556. The predicted octanol–water partition coefficient (Wildman–Crippen LogP) is 2.55. The number of hydrogen-bond donors (Lipinski definition) is 2. The van der Waals surface area contributed by atoms with Crippen LogP contribution in [0.3, 0.4) is 0 Å². The standard InChI is InChI=1S/C18H23Cl2N3O4S/c19-14-10-15(20)16(28(26,27)22-12-3-1-2-4-12)9-13(14)18(25)23-7-5-11(6-8-23)17(21)24/h9-12,22H,1-8H2,(H2,21,24). The van der Waals surface area contributed by atoms with E-state index >= 15 is 0 Å². The lowest BCUT2D eigenvalue weighted by atomic mass is 9.96. The van der Waals surface area contributed by atoms with Gasteiger partial charge in [0.15, 0.2) is 0 Å². The van der Waals surface area contributed by atoms with E-state index < -0.39 is 10.0 Å². The molecule has 3 N–H and O–H groups in total. The first-order chi connectivity index (χ1) is 13.2. The Morgan fingerprint density at radius 3 is 2.21 bits per heavy atom. The van der Waals surface area contributed by atoms with Crippen LogP contribution in [-0.4, -0.2) is 44.3 Å². The largest absolute Gasteiger partial charge is 0.369 e. The van der Waals surface area contributed by atoms with Gasteiger partial charge in [-0.2, -0.15) is 0 Å². The van der Waals surface area contributed by atoms with Crippen molar-refractivity contribution in [2.24, 2.45) is 11.7 Å². The van der Waals surface area contributed by atoms with Crippen LogP contribution in [0.15, 0.2) is 17.0 Å². The van der Waals surface area contributed by atoms with Crippen LogP contribution in [0.1, 0.15) is 48.9 Å². The van der Waals surface area contributed by atoms with Gasteiger partial charge in [-0.3, -0.25) is 9.59 Å². The smallest absolute Gasteiger partial charge is 0.255 e. The number of carbonyl (C=O) groups is 2. The normalized spacial score (nSPS) is 19.1. The number of halogens is 2. The molecule has 1 aromatic rings. The maximum absolute atomic E-state index is 12.9. The quantitative estimate of drug-likeness (QED) is 0.722. The average molecular weight is 448 g/mol. The molecule has 0 aromatic heterocycles. The third-order valence-corrected chi connectivity index (χ3v) is 7.70. The molecule has 2 fully saturated rings. The number of hydrogen-bond acceptors (Lipinski definition) is 4. The molecule has 0 spiro atoms. The highest BCUT2D eigenvalue weighted by molar-refractivity contribution is 7.89. The van der Waals surface area contributed by atoms with Gasteiger partial charge in [-0.1, -0.05) is 36.0 Å². The zero-order chi connectivity index (χ0) is 20.5. The van der Waals surface area contributed by atoms with Gasteiger partial charge in [-0.25, -0.2) is 13.1 Å². The lowest BCUT2D eigenvalue weighted by Crippen LogP contribution is -2.42. The molecule has 1 aromatic carbocycles. The Morgan fingerprint density at radius 1 is 1.04 bits per heavy atom. The molecule has 1 saturated heterocycles. The van der Waals surface area contributed by atoms with Crippen molar-refractivity contribution in [2.45, 2.75) is 49.5 Å². The minimum atomic E-state index is -3.87. The van der Waals surface area contributed by atoms with Crippen LogP contribution in [0.5, 0.6) is 0 Å². The number of primary amides is 1. The third kappa shape index (κ3) is 4.62. The van der Waals surface area contributed by atoms with Gasteiger partial charge >= 0.3 is 0 Å². The number of piperidine rings is 1. The predicted molar refractivity (Wildman–Crippen MR) is 107 cm³/mol. The van der Waals surface area contributed by atoms with Crippen molar-refractivity contribution in [3.05, 3.63) is 27.7 Å². The fourth-order valence-corrected chi connectivity index (χ4v) is 5.92. The van der Waals surface area contributed by atoms with Gasteiger partial charge in [0, 0.05) is 25.0 Å². The van der Waals surface area contributed by atoms with E-state index in [9.17, 15) is 18.0 Å². The minimum absolute atomic E-state index is 0.0283. The maximum Gasteiger partial charge on any atom is 0.255 e. The van der Waals surface area contributed by atoms with Gasteiger partial charge in [0.05, 0.1) is 15.6 Å². The summed E-state index contributed by atoms with van der Waals surface area (Å²) >= 11 is 12.3. The van der Waals surface area contributed by atoms with Crippen molar-refractivity contribution in [3.63, 3.8) is 0 Å². The van der Waals surface area contributed by atoms with Crippen LogP contribution in [0.4, 0.5) is 0 Å². The summed E-state index contributed by atoms with van der Waals surface area (Å²) in [5.74, 6) is -1.01. The van der Waals surface area contributed by atoms with Gasteiger partial charge < -0.3 is 10.6 Å².